The van der Waals surface area contributed by atoms with Gasteiger partial charge in [0, 0.05) is 5.57 Å². The zero-order chi connectivity index (χ0) is 28.6. The van der Waals surface area contributed by atoms with Crippen LogP contribution in [0.3, 0.4) is 0 Å². The predicted molar refractivity (Wildman–Crippen MR) is 76.7 cm³/mol. The molecule has 0 saturated heterocycles. The molecule has 0 bridgehead atoms. The van der Waals surface area contributed by atoms with Crippen LogP contribution >= 0.6 is 0 Å². The van der Waals surface area contributed by atoms with Crippen molar-refractivity contribution >= 4 is 5.97 Å². The zero-order valence-electron chi connectivity index (χ0n) is 16.3. The Morgan fingerprint density at radius 2 is 1.14 bits per heavy atom. The summed E-state index contributed by atoms with van der Waals surface area (Å²) in [4.78, 5) is 11.0. The van der Waals surface area contributed by atoms with E-state index in [0.29, 0.717) is 0 Å². The Bertz CT molecular complexity index is 837. The van der Waals surface area contributed by atoms with Gasteiger partial charge in [-0.25, -0.2) is 18.0 Å². The Kier molecular flexibility index (Phi) is 9.01. The van der Waals surface area contributed by atoms with E-state index in [1.54, 1.807) is 0 Å². The summed E-state index contributed by atoms with van der Waals surface area (Å²) in [6.45, 7) is -0.0473. The van der Waals surface area contributed by atoms with Gasteiger partial charge < -0.3 is 9.47 Å². The summed E-state index contributed by atoms with van der Waals surface area (Å²) in [5.41, 5.74) is -17.1. The molecule has 2 unspecified atom stereocenters. The van der Waals surface area contributed by atoms with Gasteiger partial charge in [0.25, 0.3) is 0 Å². The number of carbonyl (C=O) groups excluding carboxylic acids is 1. The maximum atomic E-state index is 14.3. The van der Waals surface area contributed by atoms with Crippen molar-refractivity contribution in [1.29, 1.82) is 0 Å². The van der Waals surface area contributed by atoms with Crippen LogP contribution in [0.15, 0.2) is 23.8 Å². The molecule has 0 spiro atoms. The van der Waals surface area contributed by atoms with Crippen LogP contribution in [-0.4, -0.2) is 61.1 Å². The first-order valence-corrected chi connectivity index (χ1v) is 8.01. The summed E-state index contributed by atoms with van der Waals surface area (Å²) in [5.74, 6) is -20.6. The molecule has 20 heteroatoms. The maximum absolute atomic E-state index is 14.3. The van der Waals surface area contributed by atoms with Gasteiger partial charge in [0.2, 0.25) is 5.83 Å². The van der Waals surface area contributed by atoms with E-state index in [-0.39, 0.29) is 0 Å². The number of esters is 1. The Labute approximate surface area is 182 Å². The average molecular weight is 560 g/mol. The third kappa shape index (κ3) is 5.60. The lowest BCUT2D eigenvalue weighted by atomic mass is 9.81. The second-order valence-corrected chi connectivity index (χ2v) is 6.29. The topological polar surface area (TPSA) is 35.5 Å². The third-order valence-electron chi connectivity index (χ3n) is 3.74. The number of hydrogen-bond acceptors (Lipinski definition) is 3. The largest absolute Gasteiger partial charge is 0.460 e. The summed E-state index contributed by atoms with van der Waals surface area (Å²) < 4.78 is 231. The van der Waals surface area contributed by atoms with Crippen molar-refractivity contribution in [2.75, 3.05) is 13.2 Å². The van der Waals surface area contributed by atoms with E-state index in [0.717, 1.165) is 6.92 Å². The molecule has 0 radical (unpaired) electrons. The van der Waals surface area contributed by atoms with Crippen molar-refractivity contribution in [2.24, 2.45) is 0 Å². The average Bonchev–Trinajstić information content (AvgIpc) is 2.65. The second kappa shape index (κ2) is 9.64. The summed E-state index contributed by atoms with van der Waals surface area (Å²) >= 11 is 0. The molecule has 0 aromatic rings. The SMILES string of the molecule is C=C(C)C(=O)OCCOC(F)(F)C(F)(C(F)(F)F)C(F)(F)C(F)(/C(F)=C(\F)C(F)(F)F)C(F)(F)F. The summed E-state index contributed by atoms with van der Waals surface area (Å²) in [6.07, 6.45) is -30.7. The van der Waals surface area contributed by atoms with E-state index in [9.17, 15) is 79.4 Å². The Hall–Kier alpha value is -2.28. The van der Waals surface area contributed by atoms with E-state index in [2.05, 4.69) is 16.1 Å². The highest BCUT2D eigenvalue weighted by Crippen LogP contribution is 2.64. The predicted octanol–water partition coefficient (Wildman–Crippen LogP) is 6.60. The number of rotatable bonds is 9. The minimum Gasteiger partial charge on any atom is -0.460 e. The molecule has 0 aliphatic carbocycles. The van der Waals surface area contributed by atoms with E-state index < -0.39 is 78.3 Å². The summed E-state index contributed by atoms with van der Waals surface area (Å²) in [7, 11) is 0. The molecule has 0 heterocycles. The van der Waals surface area contributed by atoms with Gasteiger partial charge in [-0.1, -0.05) is 6.58 Å². The van der Waals surface area contributed by atoms with Crippen molar-refractivity contribution in [3.8, 4) is 0 Å². The van der Waals surface area contributed by atoms with E-state index in [1.807, 2.05) is 0 Å². The third-order valence-corrected chi connectivity index (χ3v) is 3.74. The first kappa shape index (κ1) is 32.7. The highest BCUT2D eigenvalue weighted by Gasteiger charge is 2.94. The van der Waals surface area contributed by atoms with Crippen molar-refractivity contribution in [3.05, 3.63) is 23.8 Å². The van der Waals surface area contributed by atoms with Crippen molar-refractivity contribution < 1.29 is 88.9 Å². The van der Waals surface area contributed by atoms with Crippen molar-refractivity contribution in [3.63, 3.8) is 0 Å². The highest BCUT2D eigenvalue weighted by molar-refractivity contribution is 5.86. The lowest BCUT2D eigenvalue weighted by Crippen LogP contribution is -2.75. The van der Waals surface area contributed by atoms with E-state index in [1.165, 1.54) is 0 Å². The van der Waals surface area contributed by atoms with Gasteiger partial charge in [0.05, 0.1) is 6.61 Å². The molecule has 0 fully saturated rings. The van der Waals surface area contributed by atoms with Gasteiger partial charge in [-0.15, -0.1) is 0 Å². The monoisotopic (exact) mass is 560 g/mol. The van der Waals surface area contributed by atoms with Crippen LogP contribution in [0.1, 0.15) is 6.92 Å². The van der Waals surface area contributed by atoms with Crippen LogP contribution in [0.2, 0.25) is 0 Å². The van der Waals surface area contributed by atoms with Crippen LogP contribution in [0, 0.1) is 0 Å². The number of halogens is 17. The summed E-state index contributed by atoms with van der Waals surface area (Å²) in [5, 5.41) is 0. The molecule has 0 aromatic heterocycles. The number of hydrogen-bond donors (Lipinski definition) is 0. The summed E-state index contributed by atoms with van der Waals surface area (Å²) in [6, 6.07) is 0. The number of alkyl halides is 15. The van der Waals surface area contributed by atoms with Crippen LogP contribution in [0.25, 0.3) is 0 Å². The molecule has 0 N–H and O–H groups in total. The molecule has 206 valence electrons. The van der Waals surface area contributed by atoms with Gasteiger partial charge >= 0.3 is 47.9 Å². The quantitative estimate of drug-likeness (QED) is 0.138. The molecular weight excluding hydrogens is 551 g/mol. The highest BCUT2D eigenvalue weighted by atomic mass is 19.4. The molecule has 0 aliphatic heterocycles. The van der Waals surface area contributed by atoms with Gasteiger partial charge in [-0.2, -0.15) is 61.5 Å². The fraction of sp³-hybridized carbons (Fsp3) is 0.667. The fourth-order valence-electron chi connectivity index (χ4n) is 2.01. The van der Waals surface area contributed by atoms with Gasteiger partial charge in [-0.05, 0) is 6.92 Å². The molecule has 0 aromatic carbocycles. The molecule has 0 amide bonds. The first-order chi connectivity index (χ1) is 15.1. The van der Waals surface area contributed by atoms with Gasteiger partial charge in [0.15, 0.2) is 5.83 Å². The standard InChI is InChI=1S/C15H9F17O3/c1-5(2)8(33)34-3-4-35-15(31,32)11(22,14(28,29)30)12(23,24)9(18,13(25,26)27)6(16)7(17)10(19,20)21/h1,3-4H2,2H3/b7-6+. The van der Waals surface area contributed by atoms with Crippen LogP contribution in [-0.2, 0) is 14.3 Å². The van der Waals surface area contributed by atoms with Crippen LogP contribution < -0.4 is 0 Å². The second-order valence-electron chi connectivity index (χ2n) is 6.29. The number of allylic oxidation sites excluding steroid dienone is 2. The lowest BCUT2D eigenvalue weighted by molar-refractivity contribution is -0.454. The van der Waals surface area contributed by atoms with E-state index in [4.69, 9.17) is 0 Å². The molecule has 0 aliphatic rings. The molecule has 35 heavy (non-hydrogen) atoms. The minimum atomic E-state index is -8.64. The molecule has 2 atom stereocenters. The number of ether oxygens (including phenoxy) is 2. The van der Waals surface area contributed by atoms with Gasteiger partial charge in [-0.3, -0.25) is 0 Å². The Balaban J connectivity index is 6.94. The fourth-order valence-corrected chi connectivity index (χ4v) is 2.01. The smallest absolute Gasteiger partial charge is 0.445 e. The lowest BCUT2D eigenvalue weighted by Gasteiger charge is -2.44. The van der Waals surface area contributed by atoms with Crippen molar-refractivity contribution in [1.82, 2.24) is 0 Å². The zero-order valence-corrected chi connectivity index (χ0v) is 16.3. The molecular formula is C15H9F17O3. The Morgan fingerprint density at radius 3 is 1.46 bits per heavy atom. The number of carbonyl (C=O) groups is 1. The minimum absolute atomic E-state index is 0.500. The normalized spacial score (nSPS) is 18.3. The maximum Gasteiger partial charge on any atom is 0.445 e. The first-order valence-electron chi connectivity index (χ1n) is 8.01. The molecule has 0 rings (SSSR count). The van der Waals surface area contributed by atoms with Crippen LogP contribution in [0.5, 0.6) is 0 Å². The van der Waals surface area contributed by atoms with E-state index >= 15 is 0 Å². The molecule has 0 saturated carbocycles. The van der Waals surface area contributed by atoms with Crippen molar-refractivity contribution in [2.45, 2.75) is 48.8 Å². The van der Waals surface area contributed by atoms with Gasteiger partial charge in [0.1, 0.15) is 6.61 Å². The molecule has 3 nitrogen and oxygen atoms in total. The Morgan fingerprint density at radius 1 is 0.714 bits per heavy atom. The van der Waals surface area contributed by atoms with Crippen LogP contribution in [0.4, 0.5) is 74.6 Å².